The Balaban J connectivity index is 2.81. The Morgan fingerprint density at radius 3 is 2.50 bits per heavy atom. The topological polar surface area (TPSA) is 105 Å². The monoisotopic (exact) mass is 216 g/mol. The number of benzene rings is 1. The molecule has 0 amide bonds. The molecule has 0 unspecified atom stereocenters. The minimum atomic E-state index is -4.08. The minimum Gasteiger partial charge on any atom is -0.394 e. The van der Waals surface area contributed by atoms with Crippen molar-refractivity contribution in [2.45, 2.75) is 6.92 Å². The number of hydrogen-bond acceptors (Lipinski definition) is 6. The number of rotatable bonds is 0. The van der Waals surface area contributed by atoms with E-state index in [2.05, 4.69) is 8.37 Å². The number of fused-ring (bicyclic) bond motifs is 4. The highest BCUT2D eigenvalue weighted by molar-refractivity contribution is 7.82. The van der Waals surface area contributed by atoms with Crippen molar-refractivity contribution in [2.75, 3.05) is 11.5 Å². The molecular formula is C7H8N2O4S. The van der Waals surface area contributed by atoms with Crippen LogP contribution in [0.15, 0.2) is 6.07 Å². The van der Waals surface area contributed by atoms with Crippen LogP contribution in [-0.2, 0) is 10.4 Å². The van der Waals surface area contributed by atoms with Gasteiger partial charge in [-0.1, -0.05) is 0 Å². The molecule has 0 aromatic heterocycles. The van der Waals surface area contributed by atoms with Gasteiger partial charge in [-0.2, -0.15) is 0 Å². The summed E-state index contributed by atoms with van der Waals surface area (Å²) in [6.07, 6.45) is 0. The summed E-state index contributed by atoms with van der Waals surface area (Å²) in [7, 11) is -4.08. The van der Waals surface area contributed by atoms with Gasteiger partial charge in [-0.15, -0.1) is 8.42 Å². The fourth-order valence-corrected chi connectivity index (χ4v) is 2.03. The fraction of sp³-hybridized carbons (Fsp3) is 0.143. The number of nitrogen functional groups attached to an aromatic ring is 2. The quantitative estimate of drug-likeness (QED) is 0.599. The zero-order chi connectivity index (χ0) is 10.5. The summed E-state index contributed by atoms with van der Waals surface area (Å²) >= 11 is 0. The minimum absolute atomic E-state index is 0.00116. The predicted molar refractivity (Wildman–Crippen MR) is 50.2 cm³/mol. The largest absolute Gasteiger partial charge is 0.501 e. The van der Waals surface area contributed by atoms with Gasteiger partial charge in [0.1, 0.15) is 11.4 Å². The molecule has 0 spiro atoms. The lowest BCUT2D eigenvalue weighted by atomic mass is 10.1. The van der Waals surface area contributed by atoms with Crippen molar-refractivity contribution in [1.82, 2.24) is 0 Å². The van der Waals surface area contributed by atoms with Gasteiger partial charge in [-0.3, -0.25) is 0 Å². The van der Waals surface area contributed by atoms with Gasteiger partial charge in [0.15, 0.2) is 11.5 Å². The van der Waals surface area contributed by atoms with E-state index in [1.807, 2.05) is 0 Å². The molecule has 0 saturated heterocycles. The molecule has 0 atom stereocenters. The number of aryl methyl sites for hydroxylation is 1. The predicted octanol–water partition coefficient (Wildman–Crippen LogP) is 0.175. The summed E-state index contributed by atoms with van der Waals surface area (Å²) < 4.78 is 31.4. The second-order valence-corrected chi connectivity index (χ2v) is 4.07. The van der Waals surface area contributed by atoms with Crippen LogP contribution >= 0.6 is 0 Å². The van der Waals surface area contributed by atoms with Crippen molar-refractivity contribution in [3.05, 3.63) is 11.6 Å². The Labute approximate surface area is 80.7 Å². The molecule has 4 N–H and O–H groups in total. The van der Waals surface area contributed by atoms with Gasteiger partial charge in [0.05, 0.1) is 0 Å². The molecule has 7 heteroatoms. The van der Waals surface area contributed by atoms with E-state index in [0.717, 1.165) is 0 Å². The molecule has 3 rings (SSSR count). The Hall–Kier alpha value is -1.63. The van der Waals surface area contributed by atoms with E-state index < -0.39 is 10.4 Å². The molecule has 6 nitrogen and oxygen atoms in total. The van der Waals surface area contributed by atoms with Crippen molar-refractivity contribution in [3.8, 4) is 11.5 Å². The summed E-state index contributed by atoms with van der Waals surface area (Å²) in [5, 5.41) is 0. The molecule has 0 aliphatic carbocycles. The molecule has 0 saturated carbocycles. The average Bonchev–Trinajstić information content (AvgIpc) is 2.23. The summed E-state index contributed by atoms with van der Waals surface area (Å²) in [6, 6.07) is 1.46. The summed E-state index contributed by atoms with van der Waals surface area (Å²) in [4.78, 5) is 0. The number of hydrogen-bond donors (Lipinski definition) is 2. The SMILES string of the molecule is Cc1cc2c(N)c(N)c1OS(=O)(=O)O2. The third kappa shape index (κ3) is 1.13. The lowest BCUT2D eigenvalue weighted by Gasteiger charge is -2.05. The first-order valence-corrected chi connectivity index (χ1v) is 5.06. The smallest absolute Gasteiger partial charge is 0.394 e. The molecule has 14 heavy (non-hydrogen) atoms. The molecule has 0 radical (unpaired) electrons. The average molecular weight is 216 g/mol. The van der Waals surface area contributed by atoms with Crippen LogP contribution in [-0.4, -0.2) is 8.42 Å². The molecule has 2 aliphatic heterocycles. The maximum absolute atomic E-state index is 11.1. The van der Waals surface area contributed by atoms with Crippen molar-refractivity contribution in [3.63, 3.8) is 0 Å². The second-order valence-electron chi connectivity index (χ2n) is 2.92. The zero-order valence-corrected chi connectivity index (χ0v) is 8.09. The molecular weight excluding hydrogens is 208 g/mol. The van der Waals surface area contributed by atoms with Crippen molar-refractivity contribution in [2.24, 2.45) is 0 Å². The number of anilines is 2. The van der Waals surface area contributed by atoms with Gasteiger partial charge in [-0.25, -0.2) is 0 Å². The third-order valence-corrected chi connectivity index (χ3v) is 2.64. The van der Waals surface area contributed by atoms with Crippen molar-refractivity contribution in [1.29, 1.82) is 0 Å². The van der Waals surface area contributed by atoms with E-state index in [0.29, 0.717) is 5.56 Å². The van der Waals surface area contributed by atoms with Crippen molar-refractivity contribution < 1.29 is 16.8 Å². The highest BCUT2D eigenvalue weighted by Crippen LogP contribution is 2.42. The summed E-state index contributed by atoms with van der Waals surface area (Å²) in [5.41, 5.74) is 11.8. The van der Waals surface area contributed by atoms with Crippen LogP contribution in [0.25, 0.3) is 0 Å². The Bertz CT molecular complexity index is 509. The van der Waals surface area contributed by atoms with Gasteiger partial charge in [0, 0.05) is 0 Å². The summed E-state index contributed by atoms with van der Waals surface area (Å²) in [6.45, 7) is 1.65. The van der Waals surface area contributed by atoms with Crippen LogP contribution < -0.4 is 19.8 Å². The normalized spacial score (nSPS) is 16.9. The highest BCUT2D eigenvalue weighted by atomic mass is 32.3. The van der Waals surface area contributed by atoms with Gasteiger partial charge in [-0.05, 0) is 18.6 Å². The molecule has 0 fully saturated rings. The fourth-order valence-electron chi connectivity index (χ4n) is 1.22. The Morgan fingerprint density at radius 2 is 1.86 bits per heavy atom. The van der Waals surface area contributed by atoms with Gasteiger partial charge >= 0.3 is 10.4 Å². The van der Waals surface area contributed by atoms with E-state index in [1.165, 1.54) is 6.07 Å². The molecule has 1 aromatic carbocycles. The third-order valence-electron chi connectivity index (χ3n) is 1.88. The Kier molecular flexibility index (Phi) is 1.56. The van der Waals surface area contributed by atoms with Crippen LogP contribution in [0.4, 0.5) is 11.4 Å². The summed E-state index contributed by atoms with van der Waals surface area (Å²) in [5.74, 6) is 0.0324. The van der Waals surface area contributed by atoms with E-state index in [-0.39, 0.29) is 22.9 Å². The van der Waals surface area contributed by atoms with Crippen LogP contribution in [0.2, 0.25) is 0 Å². The first kappa shape index (κ1) is 8.95. The van der Waals surface area contributed by atoms with Crippen LogP contribution in [0.3, 0.4) is 0 Å². The maximum Gasteiger partial charge on any atom is 0.501 e. The van der Waals surface area contributed by atoms with E-state index >= 15 is 0 Å². The van der Waals surface area contributed by atoms with E-state index in [4.69, 9.17) is 11.5 Å². The Morgan fingerprint density at radius 1 is 1.21 bits per heavy atom. The lowest BCUT2D eigenvalue weighted by molar-refractivity contribution is 0.400. The van der Waals surface area contributed by atoms with Gasteiger partial charge < -0.3 is 19.8 Å². The molecule has 2 heterocycles. The second kappa shape index (κ2) is 2.44. The zero-order valence-electron chi connectivity index (χ0n) is 7.27. The van der Waals surface area contributed by atoms with E-state index in [9.17, 15) is 8.42 Å². The van der Waals surface area contributed by atoms with Crippen LogP contribution in [0, 0.1) is 6.92 Å². The van der Waals surface area contributed by atoms with Gasteiger partial charge in [0.25, 0.3) is 0 Å². The van der Waals surface area contributed by atoms with E-state index in [1.54, 1.807) is 6.92 Å². The first-order chi connectivity index (χ1) is 6.41. The molecule has 76 valence electrons. The highest BCUT2D eigenvalue weighted by Gasteiger charge is 2.28. The maximum atomic E-state index is 11.1. The number of nitrogens with two attached hydrogens (primary N) is 2. The van der Waals surface area contributed by atoms with Crippen LogP contribution in [0.1, 0.15) is 5.56 Å². The standard InChI is InChI=1S/C7H8N2O4S/c1-3-2-4-5(8)6(9)7(3)13-14(10,11)12-4/h2H,8-9H2,1H3. The molecule has 2 aliphatic rings. The molecule has 1 aromatic rings. The molecule has 2 bridgehead atoms. The van der Waals surface area contributed by atoms with Gasteiger partial charge in [0.2, 0.25) is 0 Å². The first-order valence-electron chi connectivity index (χ1n) is 3.73. The lowest BCUT2D eigenvalue weighted by Crippen LogP contribution is -2.14. The van der Waals surface area contributed by atoms with Crippen LogP contribution in [0.5, 0.6) is 11.5 Å². The van der Waals surface area contributed by atoms with Crippen molar-refractivity contribution >= 4 is 21.8 Å².